The molecule has 3 N–H and O–H groups in total. The normalized spacial score (nSPS) is 10.9. The van der Waals surface area contributed by atoms with Crippen LogP contribution in [-0.4, -0.2) is 21.9 Å². The fourth-order valence-corrected chi connectivity index (χ4v) is 1.90. The van der Waals surface area contributed by atoms with Crippen molar-refractivity contribution < 1.29 is 15.3 Å². The molecule has 2 rings (SSSR count). The summed E-state index contributed by atoms with van der Waals surface area (Å²) in [5, 5.41) is 26.0. The Labute approximate surface area is 139 Å². The largest absolute Gasteiger partial charge is 0.396 e. The van der Waals surface area contributed by atoms with Crippen molar-refractivity contribution in [2.75, 3.05) is 6.61 Å². The molecule has 0 spiro atoms. The van der Waals surface area contributed by atoms with E-state index in [1.807, 2.05) is 18.2 Å². The van der Waals surface area contributed by atoms with Gasteiger partial charge >= 0.3 is 0 Å². The number of rotatable bonds is 4. The minimum absolute atomic E-state index is 0.272. The predicted octanol–water partition coefficient (Wildman–Crippen LogP) is 3.64. The first-order chi connectivity index (χ1) is 11.0. The number of aliphatic hydroxyl groups excluding tert-OH is 2. The van der Waals surface area contributed by atoms with Crippen LogP contribution in [0.5, 0.6) is 0 Å². The number of hydrogen-bond donors (Lipinski definition) is 3. The van der Waals surface area contributed by atoms with Gasteiger partial charge in [0.25, 0.3) is 0 Å². The predicted molar refractivity (Wildman–Crippen MR) is 96.0 cm³/mol. The molecule has 0 bridgehead atoms. The monoisotopic (exact) mass is 316 g/mol. The smallest absolute Gasteiger partial charge is 0.178 e. The third kappa shape index (κ3) is 8.94. The summed E-state index contributed by atoms with van der Waals surface area (Å²) in [5.41, 5.74) is 3.19. The average molecular weight is 316 g/mol. The Morgan fingerprint density at radius 3 is 1.87 bits per heavy atom. The first kappa shape index (κ1) is 21.1. The second-order valence-corrected chi connectivity index (χ2v) is 5.20. The highest BCUT2D eigenvalue weighted by molar-refractivity contribution is 5.25. The van der Waals surface area contributed by atoms with Crippen molar-refractivity contribution >= 4 is 0 Å². The fraction of sp³-hybridized carbons (Fsp3) is 0.300. The molecule has 0 fully saturated rings. The summed E-state index contributed by atoms with van der Waals surface area (Å²) in [6.45, 7) is 10.4. The van der Waals surface area contributed by atoms with Crippen LogP contribution in [0, 0.1) is 12.8 Å². The Morgan fingerprint density at radius 1 is 0.913 bits per heavy atom. The van der Waals surface area contributed by atoms with E-state index >= 15 is 0 Å². The van der Waals surface area contributed by atoms with E-state index in [-0.39, 0.29) is 6.61 Å². The maximum Gasteiger partial charge on any atom is 0.178 e. The minimum Gasteiger partial charge on any atom is -0.396 e. The van der Waals surface area contributed by atoms with Crippen molar-refractivity contribution in [3.8, 4) is 0 Å². The molecule has 126 valence electrons. The second-order valence-electron chi connectivity index (χ2n) is 5.20. The quantitative estimate of drug-likeness (QED) is 0.596. The van der Waals surface area contributed by atoms with Crippen LogP contribution >= 0.6 is 0 Å². The van der Waals surface area contributed by atoms with Gasteiger partial charge < -0.3 is 15.3 Å². The van der Waals surface area contributed by atoms with E-state index < -0.39 is 6.29 Å². The third-order valence-electron chi connectivity index (χ3n) is 3.24. The third-order valence-corrected chi connectivity index (χ3v) is 3.24. The summed E-state index contributed by atoms with van der Waals surface area (Å²) in [7, 11) is 0. The Kier molecular flexibility index (Phi) is 11.5. The van der Waals surface area contributed by atoms with Crippen LogP contribution < -0.4 is 0 Å². The lowest BCUT2D eigenvalue weighted by atomic mass is 9.98. The molecule has 3 heteroatoms. The van der Waals surface area contributed by atoms with Crippen molar-refractivity contribution in [1.29, 1.82) is 0 Å². The molecule has 1 atom stereocenters. The number of benzene rings is 2. The molecule has 23 heavy (non-hydrogen) atoms. The summed E-state index contributed by atoms with van der Waals surface area (Å²) in [5.74, 6) is 0.367. The summed E-state index contributed by atoms with van der Waals surface area (Å²) < 4.78 is 0. The van der Waals surface area contributed by atoms with E-state index in [1.165, 1.54) is 11.1 Å². The van der Waals surface area contributed by atoms with E-state index in [9.17, 15) is 0 Å². The van der Waals surface area contributed by atoms with E-state index in [0.29, 0.717) is 11.5 Å². The lowest BCUT2D eigenvalue weighted by Crippen LogP contribution is -2.05. The molecule has 0 aromatic heterocycles. The van der Waals surface area contributed by atoms with Crippen LogP contribution in [0.4, 0.5) is 0 Å². The van der Waals surface area contributed by atoms with Gasteiger partial charge in [0.05, 0.1) is 0 Å². The van der Waals surface area contributed by atoms with Gasteiger partial charge in [-0.3, -0.25) is 0 Å². The summed E-state index contributed by atoms with van der Waals surface area (Å²) >= 11 is 0. The topological polar surface area (TPSA) is 60.7 Å². The minimum atomic E-state index is -1.34. The van der Waals surface area contributed by atoms with Gasteiger partial charge in [0.15, 0.2) is 6.29 Å². The number of hydrogen-bond acceptors (Lipinski definition) is 3. The molecule has 3 nitrogen and oxygen atoms in total. The Morgan fingerprint density at radius 2 is 1.43 bits per heavy atom. The van der Waals surface area contributed by atoms with Crippen LogP contribution in [0.15, 0.2) is 67.8 Å². The van der Waals surface area contributed by atoms with Crippen LogP contribution in [-0.2, 0) is 6.42 Å². The van der Waals surface area contributed by atoms with Gasteiger partial charge in [0.2, 0.25) is 0 Å². The highest BCUT2D eigenvalue weighted by Gasteiger charge is 2.03. The molecular weight excluding hydrogens is 288 g/mol. The van der Waals surface area contributed by atoms with Crippen LogP contribution in [0.1, 0.15) is 29.9 Å². The van der Waals surface area contributed by atoms with Gasteiger partial charge in [-0.15, -0.1) is 13.2 Å². The van der Waals surface area contributed by atoms with E-state index in [4.69, 9.17) is 15.3 Å². The lowest BCUT2D eigenvalue weighted by molar-refractivity contribution is -0.0424. The molecule has 2 aromatic rings. The molecule has 1 unspecified atom stereocenters. The molecule has 2 aromatic carbocycles. The molecule has 0 saturated heterocycles. The summed E-state index contributed by atoms with van der Waals surface area (Å²) in [6.07, 6.45) is -0.366. The van der Waals surface area contributed by atoms with E-state index in [2.05, 4.69) is 39.1 Å². The SMILES string of the molecule is C=C.Cc1ccccc1CC(C)CO.OC(O)c1ccccc1. The zero-order chi connectivity index (χ0) is 17.7. The van der Waals surface area contributed by atoms with Gasteiger partial charge in [0, 0.05) is 12.2 Å². The van der Waals surface area contributed by atoms with Crippen molar-refractivity contribution in [1.82, 2.24) is 0 Å². The van der Waals surface area contributed by atoms with Gasteiger partial charge in [-0.1, -0.05) is 61.5 Å². The lowest BCUT2D eigenvalue weighted by Gasteiger charge is -2.09. The molecule has 0 aliphatic rings. The molecule has 0 radical (unpaired) electrons. The Hall–Kier alpha value is -1.94. The molecule has 0 heterocycles. The molecule has 0 aliphatic heterocycles. The zero-order valence-electron chi connectivity index (χ0n) is 14.0. The second kappa shape index (κ2) is 12.6. The molecule has 0 aliphatic carbocycles. The van der Waals surface area contributed by atoms with Crippen molar-refractivity contribution in [3.05, 3.63) is 84.4 Å². The van der Waals surface area contributed by atoms with Crippen molar-refractivity contribution in [2.45, 2.75) is 26.6 Å². The van der Waals surface area contributed by atoms with Crippen LogP contribution in [0.25, 0.3) is 0 Å². The summed E-state index contributed by atoms with van der Waals surface area (Å²) in [4.78, 5) is 0. The van der Waals surface area contributed by atoms with E-state index in [0.717, 1.165) is 6.42 Å². The van der Waals surface area contributed by atoms with Crippen LogP contribution in [0.3, 0.4) is 0 Å². The van der Waals surface area contributed by atoms with Gasteiger partial charge in [-0.05, 0) is 30.4 Å². The standard InChI is InChI=1S/C11H16O.C7H8O2.C2H4/c1-9(8-12)7-11-6-4-3-5-10(11)2;8-7(9)6-4-2-1-3-5-6;1-2/h3-6,9,12H,7-8H2,1-2H3;1-5,7-9H;1-2H2. The highest BCUT2D eigenvalue weighted by Crippen LogP contribution is 2.12. The highest BCUT2D eigenvalue weighted by atomic mass is 16.5. The van der Waals surface area contributed by atoms with Crippen molar-refractivity contribution in [2.24, 2.45) is 5.92 Å². The molecular formula is C20H28O3. The molecule has 0 amide bonds. The van der Waals surface area contributed by atoms with Gasteiger partial charge in [-0.25, -0.2) is 0 Å². The number of aliphatic hydroxyl groups is 3. The first-order valence-corrected chi connectivity index (χ1v) is 7.61. The number of aryl methyl sites for hydroxylation is 1. The maximum atomic E-state index is 8.89. The van der Waals surface area contributed by atoms with Gasteiger partial charge in [0.1, 0.15) is 0 Å². The molecule has 0 saturated carbocycles. The van der Waals surface area contributed by atoms with Crippen LogP contribution in [0.2, 0.25) is 0 Å². The zero-order valence-corrected chi connectivity index (χ0v) is 14.0. The Bertz CT molecular complexity index is 523. The first-order valence-electron chi connectivity index (χ1n) is 7.61. The van der Waals surface area contributed by atoms with Crippen molar-refractivity contribution in [3.63, 3.8) is 0 Å². The Balaban J connectivity index is 0.000000392. The van der Waals surface area contributed by atoms with E-state index in [1.54, 1.807) is 24.3 Å². The average Bonchev–Trinajstić information content (AvgIpc) is 2.60. The summed E-state index contributed by atoms with van der Waals surface area (Å²) in [6, 6.07) is 17.0. The fourth-order valence-electron chi connectivity index (χ4n) is 1.90. The van der Waals surface area contributed by atoms with Gasteiger partial charge in [-0.2, -0.15) is 0 Å². The maximum absolute atomic E-state index is 8.89.